The fourth-order valence-corrected chi connectivity index (χ4v) is 2.86. The summed E-state index contributed by atoms with van der Waals surface area (Å²) in [6, 6.07) is 12.8. The Balaban J connectivity index is 1.89. The molecule has 6 heteroatoms. The summed E-state index contributed by atoms with van der Waals surface area (Å²) in [4.78, 5) is 4.08. The average Bonchev–Trinajstić information content (AvgIpc) is 2.52. The fraction of sp³-hybridized carbons (Fsp3) is 0.267. The van der Waals surface area contributed by atoms with Crippen molar-refractivity contribution < 1.29 is 13.2 Å². The first-order valence-electron chi connectivity index (χ1n) is 6.59. The lowest BCUT2D eigenvalue weighted by Gasteiger charge is -2.07. The van der Waals surface area contributed by atoms with Gasteiger partial charge in [-0.15, -0.1) is 0 Å². The van der Waals surface area contributed by atoms with Gasteiger partial charge < -0.3 is 4.74 Å². The van der Waals surface area contributed by atoms with Crippen molar-refractivity contribution in [3.8, 4) is 5.75 Å². The van der Waals surface area contributed by atoms with E-state index in [0.717, 1.165) is 11.3 Å². The molecule has 0 radical (unpaired) electrons. The van der Waals surface area contributed by atoms with E-state index in [1.165, 1.54) is 0 Å². The Morgan fingerprint density at radius 3 is 2.76 bits per heavy atom. The maximum Gasteiger partial charge on any atom is 0.212 e. The second-order valence-corrected chi connectivity index (χ2v) is 6.49. The normalized spacial score (nSPS) is 11.3. The van der Waals surface area contributed by atoms with Crippen molar-refractivity contribution in [1.82, 2.24) is 9.71 Å². The third-order valence-electron chi connectivity index (χ3n) is 2.99. The van der Waals surface area contributed by atoms with Gasteiger partial charge in [0.1, 0.15) is 5.75 Å². The molecule has 21 heavy (non-hydrogen) atoms. The Morgan fingerprint density at radius 2 is 2.05 bits per heavy atom. The molecule has 0 saturated heterocycles. The number of nitrogens with one attached hydrogen (secondary N) is 1. The largest absolute Gasteiger partial charge is 0.497 e. The van der Waals surface area contributed by atoms with Gasteiger partial charge in [-0.3, -0.25) is 4.98 Å². The quantitative estimate of drug-likeness (QED) is 0.846. The SMILES string of the molecule is COc1cccc(CCS(=O)(=O)NCc2ccccn2)c1. The summed E-state index contributed by atoms with van der Waals surface area (Å²) < 4.78 is 31.6. The summed E-state index contributed by atoms with van der Waals surface area (Å²) in [5.41, 5.74) is 1.63. The van der Waals surface area contributed by atoms with Gasteiger partial charge >= 0.3 is 0 Å². The van der Waals surface area contributed by atoms with Gasteiger partial charge in [-0.2, -0.15) is 0 Å². The van der Waals surface area contributed by atoms with Crippen molar-refractivity contribution in [3.63, 3.8) is 0 Å². The fourth-order valence-electron chi connectivity index (χ4n) is 1.84. The maximum absolute atomic E-state index is 12.0. The number of hydrogen-bond donors (Lipinski definition) is 1. The third kappa shape index (κ3) is 5.17. The highest BCUT2D eigenvalue weighted by Crippen LogP contribution is 2.13. The van der Waals surface area contributed by atoms with Crippen LogP contribution < -0.4 is 9.46 Å². The van der Waals surface area contributed by atoms with Gasteiger partial charge in [0.25, 0.3) is 0 Å². The second-order valence-electron chi connectivity index (χ2n) is 4.56. The number of aromatic nitrogens is 1. The van der Waals surface area contributed by atoms with E-state index in [1.54, 1.807) is 25.4 Å². The number of methoxy groups -OCH3 is 1. The first kappa shape index (κ1) is 15.5. The molecule has 0 bridgehead atoms. The van der Waals surface area contributed by atoms with Crippen LogP contribution in [0.1, 0.15) is 11.3 Å². The second kappa shape index (κ2) is 7.19. The number of pyridine rings is 1. The first-order chi connectivity index (χ1) is 10.1. The minimum atomic E-state index is -3.33. The molecular weight excluding hydrogens is 288 g/mol. The van der Waals surface area contributed by atoms with Crippen LogP contribution in [0, 0.1) is 0 Å². The van der Waals surface area contributed by atoms with Crippen molar-refractivity contribution in [1.29, 1.82) is 0 Å². The van der Waals surface area contributed by atoms with Crippen LogP contribution in [-0.2, 0) is 23.0 Å². The average molecular weight is 306 g/mol. The molecule has 0 spiro atoms. The van der Waals surface area contributed by atoms with E-state index in [9.17, 15) is 8.42 Å². The van der Waals surface area contributed by atoms with Crippen LogP contribution in [0.4, 0.5) is 0 Å². The van der Waals surface area contributed by atoms with E-state index in [4.69, 9.17) is 4.74 Å². The molecule has 1 aromatic heterocycles. The zero-order chi connectivity index (χ0) is 15.1. The highest BCUT2D eigenvalue weighted by Gasteiger charge is 2.10. The predicted octanol–water partition coefficient (Wildman–Crippen LogP) is 1.75. The summed E-state index contributed by atoms with van der Waals surface area (Å²) in [5, 5.41) is 0. The van der Waals surface area contributed by atoms with Crippen molar-refractivity contribution in [2.75, 3.05) is 12.9 Å². The van der Waals surface area contributed by atoms with Crippen molar-refractivity contribution in [3.05, 3.63) is 59.9 Å². The highest BCUT2D eigenvalue weighted by molar-refractivity contribution is 7.89. The standard InChI is InChI=1S/C15H18N2O3S/c1-20-15-7-4-5-13(11-15)8-10-21(18,19)17-12-14-6-2-3-9-16-14/h2-7,9,11,17H,8,10,12H2,1H3. The zero-order valence-electron chi connectivity index (χ0n) is 11.8. The molecule has 0 fully saturated rings. The smallest absolute Gasteiger partial charge is 0.212 e. The van der Waals surface area contributed by atoms with Gasteiger partial charge in [0.15, 0.2) is 0 Å². The summed E-state index contributed by atoms with van der Waals surface area (Å²) in [6.45, 7) is 0.210. The van der Waals surface area contributed by atoms with Gasteiger partial charge in [-0.1, -0.05) is 18.2 Å². The number of benzene rings is 1. The van der Waals surface area contributed by atoms with E-state index >= 15 is 0 Å². The van der Waals surface area contributed by atoms with E-state index in [1.807, 2.05) is 30.3 Å². The topological polar surface area (TPSA) is 68.3 Å². The Labute approximate surface area is 125 Å². The van der Waals surface area contributed by atoms with Crippen LogP contribution in [0.5, 0.6) is 5.75 Å². The lowest BCUT2D eigenvalue weighted by molar-refractivity contribution is 0.414. The molecule has 1 heterocycles. The Bertz CT molecular complexity index is 672. The van der Waals surface area contributed by atoms with Crippen LogP contribution in [0.15, 0.2) is 48.7 Å². The molecule has 0 atom stereocenters. The maximum atomic E-state index is 12.0. The van der Waals surface area contributed by atoms with E-state index < -0.39 is 10.0 Å². The van der Waals surface area contributed by atoms with Crippen LogP contribution >= 0.6 is 0 Å². The Morgan fingerprint density at radius 1 is 1.19 bits per heavy atom. The van der Waals surface area contributed by atoms with Crippen molar-refractivity contribution in [2.24, 2.45) is 0 Å². The monoisotopic (exact) mass is 306 g/mol. The predicted molar refractivity (Wildman–Crippen MR) is 81.6 cm³/mol. The van der Waals surface area contributed by atoms with Crippen molar-refractivity contribution in [2.45, 2.75) is 13.0 Å². The summed E-state index contributed by atoms with van der Waals surface area (Å²) in [5.74, 6) is 0.763. The van der Waals surface area contributed by atoms with Gasteiger partial charge in [-0.25, -0.2) is 13.1 Å². The van der Waals surface area contributed by atoms with Crippen LogP contribution in [0.3, 0.4) is 0 Å². The number of hydrogen-bond acceptors (Lipinski definition) is 4. The molecule has 0 amide bonds. The van der Waals surface area contributed by atoms with Gasteiger partial charge in [0, 0.05) is 6.20 Å². The third-order valence-corrected chi connectivity index (χ3v) is 4.32. The van der Waals surface area contributed by atoms with E-state index in [0.29, 0.717) is 12.1 Å². The zero-order valence-corrected chi connectivity index (χ0v) is 12.6. The number of sulfonamides is 1. The molecule has 2 aromatic rings. The lowest BCUT2D eigenvalue weighted by Crippen LogP contribution is -2.27. The molecule has 0 saturated carbocycles. The number of aryl methyl sites for hydroxylation is 1. The molecule has 5 nitrogen and oxygen atoms in total. The summed E-state index contributed by atoms with van der Waals surface area (Å²) >= 11 is 0. The molecule has 1 aromatic carbocycles. The molecule has 1 N–H and O–H groups in total. The van der Waals surface area contributed by atoms with Crippen LogP contribution in [0.25, 0.3) is 0 Å². The Hall–Kier alpha value is -1.92. The molecule has 0 aliphatic rings. The molecule has 0 unspecified atom stereocenters. The molecule has 2 rings (SSSR count). The first-order valence-corrected chi connectivity index (χ1v) is 8.24. The molecule has 0 aliphatic heterocycles. The number of ether oxygens (including phenoxy) is 1. The van der Waals surface area contributed by atoms with Crippen LogP contribution in [-0.4, -0.2) is 26.3 Å². The number of nitrogens with zero attached hydrogens (tertiary/aromatic N) is 1. The van der Waals surface area contributed by atoms with Gasteiger partial charge in [0.05, 0.1) is 25.1 Å². The summed E-state index contributed by atoms with van der Waals surface area (Å²) in [7, 11) is -1.74. The highest BCUT2D eigenvalue weighted by atomic mass is 32.2. The number of rotatable bonds is 7. The minimum Gasteiger partial charge on any atom is -0.497 e. The van der Waals surface area contributed by atoms with Gasteiger partial charge in [0.2, 0.25) is 10.0 Å². The summed E-state index contributed by atoms with van der Waals surface area (Å²) in [6.07, 6.45) is 2.08. The van der Waals surface area contributed by atoms with E-state index in [2.05, 4.69) is 9.71 Å². The van der Waals surface area contributed by atoms with Crippen LogP contribution in [0.2, 0.25) is 0 Å². The molecule has 0 aliphatic carbocycles. The lowest BCUT2D eigenvalue weighted by atomic mass is 10.2. The Kier molecular flexibility index (Phi) is 5.30. The van der Waals surface area contributed by atoms with Gasteiger partial charge in [-0.05, 0) is 36.2 Å². The minimum absolute atomic E-state index is 0.0347. The molecular formula is C15H18N2O3S. The van der Waals surface area contributed by atoms with Crippen molar-refractivity contribution >= 4 is 10.0 Å². The molecule has 112 valence electrons. The van der Waals surface area contributed by atoms with E-state index in [-0.39, 0.29) is 12.3 Å².